The summed E-state index contributed by atoms with van der Waals surface area (Å²) in [6.45, 7) is 3.53. The zero-order valence-electron chi connectivity index (χ0n) is 10.9. The zero-order valence-corrected chi connectivity index (χ0v) is 10.9. The van der Waals surface area contributed by atoms with Crippen LogP contribution >= 0.6 is 0 Å². The molecule has 19 heavy (non-hydrogen) atoms. The molecule has 2 aromatic rings. The first kappa shape index (κ1) is 13.2. The van der Waals surface area contributed by atoms with E-state index >= 15 is 0 Å². The first-order valence-electron chi connectivity index (χ1n) is 5.70. The number of aryl methyl sites for hydroxylation is 2. The smallest absolute Gasteiger partial charge is 0.373 e. The Labute approximate surface area is 110 Å². The topological polar surface area (TPSA) is 85.5 Å². The van der Waals surface area contributed by atoms with Gasteiger partial charge in [0.15, 0.2) is 0 Å². The second kappa shape index (κ2) is 5.19. The normalized spacial score (nSPS) is 12.2. The first-order valence-corrected chi connectivity index (χ1v) is 5.70. The molecule has 1 atom stereocenters. The number of aliphatic hydroxyl groups excluding tert-OH is 1. The number of ether oxygens (including phenoxy) is 1. The van der Waals surface area contributed by atoms with E-state index in [4.69, 9.17) is 4.42 Å². The Morgan fingerprint density at radius 1 is 1.37 bits per heavy atom. The van der Waals surface area contributed by atoms with Crippen molar-refractivity contribution < 1.29 is 19.1 Å². The Bertz CT molecular complexity index is 606. The van der Waals surface area contributed by atoms with Crippen LogP contribution in [0.3, 0.4) is 0 Å². The molecule has 0 amide bonds. The van der Waals surface area contributed by atoms with E-state index in [2.05, 4.69) is 14.9 Å². The van der Waals surface area contributed by atoms with E-state index in [1.807, 2.05) is 0 Å². The molecule has 2 aromatic heterocycles. The van der Waals surface area contributed by atoms with Crippen molar-refractivity contribution in [3.63, 3.8) is 0 Å². The molecule has 6 nitrogen and oxygen atoms in total. The molecular weight excluding hydrogens is 248 g/mol. The van der Waals surface area contributed by atoms with Crippen LogP contribution in [0.2, 0.25) is 0 Å². The van der Waals surface area contributed by atoms with E-state index in [0.29, 0.717) is 17.0 Å². The van der Waals surface area contributed by atoms with Crippen LogP contribution in [-0.4, -0.2) is 28.4 Å². The van der Waals surface area contributed by atoms with Crippen LogP contribution in [0.15, 0.2) is 22.6 Å². The van der Waals surface area contributed by atoms with Gasteiger partial charge < -0.3 is 14.3 Å². The van der Waals surface area contributed by atoms with E-state index in [9.17, 15) is 9.90 Å². The summed E-state index contributed by atoms with van der Waals surface area (Å²) >= 11 is 0. The summed E-state index contributed by atoms with van der Waals surface area (Å²) in [5.74, 6) is -0.275. The Hall–Kier alpha value is -2.21. The number of furan rings is 1. The molecule has 0 radical (unpaired) electrons. The maximum Gasteiger partial charge on any atom is 0.373 e. The third-order valence-electron chi connectivity index (χ3n) is 2.72. The molecule has 0 aromatic carbocycles. The van der Waals surface area contributed by atoms with Gasteiger partial charge in [0.2, 0.25) is 5.76 Å². The lowest BCUT2D eigenvalue weighted by Gasteiger charge is -2.10. The molecule has 0 spiro atoms. The average molecular weight is 262 g/mol. The third kappa shape index (κ3) is 2.63. The van der Waals surface area contributed by atoms with Crippen molar-refractivity contribution in [3.05, 3.63) is 46.7 Å². The number of aromatic nitrogens is 2. The maximum absolute atomic E-state index is 11.3. The van der Waals surface area contributed by atoms with Gasteiger partial charge in [-0.05, 0) is 32.0 Å². The van der Waals surface area contributed by atoms with Gasteiger partial charge in [0.05, 0.1) is 18.5 Å². The third-order valence-corrected chi connectivity index (χ3v) is 2.72. The highest BCUT2D eigenvalue weighted by Crippen LogP contribution is 2.25. The van der Waals surface area contributed by atoms with E-state index in [1.54, 1.807) is 19.9 Å². The fraction of sp³-hybridized carbons (Fsp3) is 0.308. The Morgan fingerprint density at radius 3 is 2.79 bits per heavy atom. The monoisotopic (exact) mass is 262 g/mol. The molecule has 1 N–H and O–H groups in total. The van der Waals surface area contributed by atoms with Crippen LogP contribution in [0, 0.1) is 13.8 Å². The summed E-state index contributed by atoms with van der Waals surface area (Å²) < 4.78 is 9.82. The summed E-state index contributed by atoms with van der Waals surface area (Å²) in [7, 11) is 1.27. The van der Waals surface area contributed by atoms with Gasteiger partial charge >= 0.3 is 5.97 Å². The Morgan fingerprint density at radius 2 is 2.11 bits per heavy atom. The number of aliphatic hydroxyl groups is 1. The molecule has 0 bridgehead atoms. The highest BCUT2D eigenvalue weighted by molar-refractivity contribution is 5.86. The Balaban J connectivity index is 2.33. The van der Waals surface area contributed by atoms with Crippen molar-refractivity contribution in [2.45, 2.75) is 20.0 Å². The zero-order chi connectivity index (χ0) is 14.0. The van der Waals surface area contributed by atoms with Crippen LogP contribution in [0.1, 0.15) is 39.4 Å². The van der Waals surface area contributed by atoms with Gasteiger partial charge in [-0.2, -0.15) is 10.2 Å². The number of hydrogen-bond donors (Lipinski definition) is 1. The minimum atomic E-state index is -0.993. The van der Waals surface area contributed by atoms with Gasteiger partial charge in [-0.1, -0.05) is 0 Å². The number of esters is 1. The molecule has 0 aliphatic carbocycles. The number of carbonyl (C=O) groups is 1. The maximum atomic E-state index is 11.3. The molecular formula is C13H14N2O4. The fourth-order valence-electron chi connectivity index (χ4n) is 1.71. The number of rotatable bonds is 3. The van der Waals surface area contributed by atoms with Gasteiger partial charge in [0.25, 0.3) is 0 Å². The summed E-state index contributed by atoms with van der Waals surface area (Å²) in [5, 5.41) is 18.1. The van der Waals surface area contributed by atoms with Gasteiger partial charge in [0, 0.05) is 5.56 Å². The van der Waals surface area contributed by atoms with Crippen molar-refractivity contribution in [1.82, 2.24) is 10.2 Å². The minimum absolute atomic E-state index is 0.0490. The summed E-state index contributed by atoms with van der Waals surface area (Å²) in [4.78, 5) is 11.3. The molecule has 0 saturated carbocycles. The second-order valence-electron chi connectivity index (χ2n) is 4.12. The van der Waals surface area contributed by atoms with E-state index < -0.39 is 12.1 Å². The van der Waals surface area contributed by atoms with Crippen LogP contribution in [-0.2, 0) is 4.74 Å². The predicted molar refractivity (Wildman–Crippen MR) is 65.6 cm³/mol. The average Bonchev–Trinajstić information content (AvgIpc) is 2.89. The van der Waals surface area contributed by atoms with Gasteiger partial charge in [0.1, 0.15) is 11.9 Å². The Kier molecular flexibility index (Phi) is 3.62. The minimum Gasteiger partial charge on any atom is -0.463 e. The standard InChI is InChI=1S/C13H14N2O4/c1-7-6-9(8(2)15-14-7)12(16)10-4-5-11(19-10)13(17)18-3/h4-6,12,16H,1-3H3. The lowest BCUT2D eigenvalue weighted by Crippen LogP contribution is -2.05. The van der Waals surface area contributed by atoms with Crippen molar-refractivity contribution in [2.75, 3.05) is 7.11 Å². The molecule has 6 heteroatoms. The lowest BCUT2D eigenvalue weighted by molar-refractivity contribution is 0.0558. The van der Waals surface area contributed by atoms with Crippen molar-refractivity contribution in [3.8, 4) is 0 Å². The largest absolute Gasteiger partial charge is 0.463 e. The first-order chi connectivity index (χ1) is 9.02. The molecule has 0 aliphatic rings. The molecule has 100 valence electrons. The fourth-order valence-corrected chi connectivity index (χ4v) is 1.71. The highest BCUT2D eigenvalue weighted by Gasteiger charge is 2.20. The van der Waals surface area contributed by atoms with E-state index in [1.165, 1.54) is 19.2 Å². The van der Waals surface area contributed by atoms with Crippen molar-refractivity contribution in [1.29, 1.82) is 0 Å². The number of hydrogen-bond acceptors (Lipinski definition) is 6. The van der Waals surface area contributed by atoms with Crippen molar-refractivity contribution in [2.24, 2.45) is 0 Å². The van der Waals surface area contributed by atoms with Gasteiger partial charge in [-0.15, -0.1) is 0 Å². The summed E-state index contributed by atoms with van der Waals surface area (Å²) in [6.07, 6.45) is -0.993. The van der Waals surface area contributed by atoms with Crippen LogP contribution in [0.25, 0.3) is 0 Å². The summed E-state index contributed by atoms with van der Waals surface area (Å²) in [6, 6.07) is 4.72. The second-order valence-corrected chi connectivity index (χ2v) is 4.12. The quantitative estimate of drug-likeness (QED) is 0.845. The van der Waals surface area contributed by atoms with Crippen LogP contribution in [0.5, 0.6) is 0 Å². The van der Waals surface area contributed by atoms with Gasteiger partial charge in [-0.3, -0.25) is 0 Å². The molecule has 2 rings (SSSR count). The molecule has 0 saturated heterocycles. The lowest BCUT2D eigenvalue weighted by atomic mass is 10.1. The molecule has 0 aliphatic heterocycles. The predicted octanol–water partition coefficient (Wildman–Crippen LogP) is 1.55. The van der Waals surface area contributed by atoms with Crippen molar-refractivity contribution >= 4 is 5.97 Å². The number of nitrogens with zero attached hydrogens (tertiary/aromatic N) is 2. The SMILES string of the molecule is COC(=O)c1ccc(C(O)c2cc(C)nnc2C)o1. The number of methoxy groups -OCH3 is 1. The molecule has 1 unspecified atom stereocenters. The molecule has 2 heterocycles. The van der Waals surface area contributed by atoms with E-state index in [0.717, 1.165) is 0 Å². The summed E-state index contributed by atoms with van der Waals surface area (Å²) in [5.41, 5.74) is 1.90. The van der Waals surface area contributed by atoms with Crippen LogP contribution in [0.4, 0.5) is 0 Å². The van der Waals surface area contributed by atoms with Gasteiger partial charge in [-0.25, -0.2) is 4.79 Å². The molecule has 0 fully saturated rings. The van der Waals surface area contributed by atoms with E-state index in [-0.39, 0.29) is 11.5 Å². The number of carbonyl (C=O) groups excluding carboxylic acids is 1. The highest BCUT2D eigenvalue weighted by atomic mass is 16.5. The van der Waals surface area contributed by atoms with Crippen LogP contribution < -0.4 is 0 Å².